The summed E-state index contributed by atoms with van der Waals surface area (Å²) >= 11 is 5.34. The summed E-state index contributed by atoms with van der Waals surface area (Å²) in [6.07, 6.45) is 2.42. The number of nitrogens with one attached hydrogen (secondary N) is 1. The van der Waals surface area contributed by atoms with E-state index in [0.29, 0.717) is 6.04 Å². The molecule has 0 radical (unpaired) electrons. The molecule has 0 amide bonds. The van der Waals surface area contributed by atoms with E-state index in [2.05, 4.69) is 68.6 Å². The van der Waals surface area contributed by atoms with Gasteiger partial charge in [-0.15, -0.1) is 11.3 Å². The van der Waals surface area contributed by atoms with Gasteiger partial charge in [0, 0.05) is 30.6 Å². The highest BCUT2D eigenvalue weighted by Gasteiger charge is 2.21. The van der Waals surface area contributed by atoms with E-state index in [1.165, 1.54) is 40.3 Å². The highest BCUT2D eigenvalue weighted by Crippen LogP contribution is 2.22. The molecule has 21 heavy (non-hydrogen) atoms. The molecule has 1 atom stereocenters. The molecule has 1 aromatic heterocycles. The molecular formula is C17H21BrN2S. The first kappa shape index (κ1) is 15.2. The molecule has 1 fully saturated rings. The Morgan fingerprint density at radius 2 is 2.05 bits per heavy atom. The molecule has 1 saturated heterocycles. The van der Waals surface area contributed by atoms with Crippen LogP contribution in [0.4, 0.5) is 0 Å². The molecule has 3 rings (SSSR count). The summed E-state index contributed by atoms with van der Waals surface area (Å²) in [5.41, 5.74) is 1.44. The Morgan fingerprint density at radius 1 is 1.19 bits per heavy atom. The molecule has 4 heteroatoms. The third kappa shape index (κ3) is 4.65. The van der Waals surface area contributed by atoms with Gasteiger partial charge in [0.25, 0.3) is 0 Å². The van der Waals surface area contributed by atoms with Crippen molar-refractivity contribution >= 4 is 27.3 Å². The summed E-state index contributed by atoms with van der Waals surface area (Å²) in [6.45, 7) is 4.57. The van der Waals surface area contributed by atoms with Crippen molar-refractivity contribution in [1.82, 2.24) is 10.2 Å². The minimum absolute atomic E-state index is 0.640. The zero-order valence-electron chi connectivity index (χ0n) is 12.1. The quantitative estimate of drug-likeness (QED) is 0.835. The fourth-order valence-electron chi connectivity index (χ4n) is 2.83. The van der Waals surface area contributed by atoms with E-state index in [9.17, 15) is 0 Å². The lowest BCUT2D eigenvalue weighted by Gasteiger charge is -2.16. The van der Waals surface area contributed by atoms with Gasteiger partial charge >= 0.3 is 0 Å². The second-order valence-corrected chi connectivity index (χ2v) is 8.16. The second kappa shape index (κ2) is 7.54. The van der Waals surface area contributed by atoms with Gasteiger partial charge < -0.3 is 10.2 Å². The Kier molecular flexibility index (Phi) is 5.47. The Morgan fingerprint density at radius 3 is 2.81 bits per heavy atom. The van der Waals surface area contributed by atoms with Crippen LogP contribution in [0.2, 0.25) is 0 Å². The Hall–Kier alpha value is -0.680. The fourth-order valence-corrected chi connectivity index (χ4v) is 4.26. The largest absolute Gasteiger partial charge is 0.308 e. The van der Waals surface area contributed by atoms with Crippen LogP contribution in [0.15, 0.2) is 46.3 Å². The summed E-state index contributed by atoms with van der Waals surface area (Å²) in [5.74, 6) is 0. The lowest BCUT2D eigenvalue weighted by atomic mass is 10.1. The van der Waals surface area contributed by atoms with E-state index in [-0.39, 0.29) is 0 Å². The Labute approximate surface area is 139 Å². The molecule has 1 aliphatic heterocycles. The first-order valence-electron chi connectivity index (χ1n) is 7.53. The molecule has 112 valence electrons. The number of likely N-dealkylation sites (tertiary alicyclic amines) is 1. The average Bonchev–Trinajstić information content (AvgIpc) is 3.13. The van der Waals surface area contributed by atoms with Crippen LogP contribution in [0.3, 0.4) is 0 Å². The van der Waals surface area contributed by atoms with Crippen molar-refractivity contribution in [3.63, 3.8) is 0 Å². The molecule has 1 unspecified atom stereocenters. The second-order valence-electron chi connectivity index (χ2n) is 5.61. The van der Waals surface area contributed by atoms with Crippen LogP contribution < -0.4 is 5.32 Å². The molecular weight excluding hydrogens is 344 g/mol. The van der Waals surface area contributed by atoms with Crippen LogP contribution in [0.25, 0.3) is 0 Å². The van der Waals surface area contributed by atoms with Crippen LogP contribution in [0.1, 0.15) is 16.9 Å². The fraction of sp³-hybridized carbons (Fsp3) is 0.412. The zero-order chi connectivity index (χ0) is 14.5. The minimum Gasteiger partial charge on any atom is -0.308 e. The van der Waals surface area contributed by atoms with Gasteiger partial charge in [-0.3, -0.25) is 0 Å². The maximum atomic E-state index is 3.69. The van der Waals surface area contributed by atoms with E-state index in [0.717, 1.165) is 13.0 Å². The van der Waals surface area contributed by atoms with Gasteiger partial charge in [0.05, 0.1) is 3.79 Å². The molecule has 0 spiro atoms. The van der Waals surface area contributed by atoms with Crippen LogP contribution in [-0.4, -0.2) is 30.6 Å². The number of halogens is 1. The van der Waals surface area contributed by atoms with Crippen molar-refractivity contribution in [3.05, 3.63) is 56.7 Å². The highest BCUT2D eigenvalue weighted by molar-refractivity contribution is 9.11. The van der Waals surface area contributed by atoms with E-state index in [1.807, 2.05) is 11.3 Å². The third-order valence-electron chi connectivity index (χ3n) is 4.03. The topological polar surface area (TPSA) is 15.3 Å². The summed E-state index contributed by atoms with van der Waals surface area (Å²) in [6, 6.07) is 15.8. The van der Waals surface area contributed by atoms with Gasteiger partial charge in [0.2, 0.25) is 0 Å². The summed E-state index contributed by atoms with van der Waals surface area (Å²) in [4.78, 5) is 3.99. The molecule has 2 nitrogen and oxygen atoms in total. The van der Waals surface area contributed by atoms with Crippen LogP contribution >= 0.6 is 27.3 Å². The summed E-state index contributed by atoms with van der Waals surface area (Å²) in [7, 11) is 0. The average molecular weight is 365 g/mol. The number of thiophene rings is 1. The van der Waals surface area contributed by atoms with Gasteiger partial charge in [-0.2, -0.15) is 0 Å². The molecule has 0 saturated carbocycles. The van der Waals surface area contributed by atoms with Crippen molar-refractivity contribution in [1.29, 1.82) is 0 Å². The Bertz CT molecular complexity index is 555. The van der Waals surface area contributed by atoms with Gasteiger partial charge in [-0.1, -0.05) is 30.3 Å². The SMILES string of the molecule is Brc1ccc(CNC2CCN(CCc3ccccc3)C2)s1. The first-order chi connectivity index (χ1) is 10.3. The highest BCUT2D eigenvalue weighted by atomic mass is 79.9. The molecule has 2 heterocycles. The first-order valence-corrected chi connectivity index (χ1v) is 9.14. The molecule has 1 aliphatic rings. The van der Waals surface area contributed by atoms with Crippen molar-refractivity contribution in [3.8, 4) is 0 Å². The maximum absolute atomic E-state index is 3.69. The van der Waals surface area contributed by atoms with Gasteiger partial charge in [-0.05, 0) is 53.0 Å². The van der Waals surface area contributed by atoms with Crippen LogP contribution in [-0.2, 0) is 13.0 Å². The van der Waals surface area contributed by atoms with E-state index in [1.54, 1.807) is 0 Å². The lowest BCUT2D eigenvalue weighted by molar-refractivity contribution is 0.331. The molecule has 1 N–H and O–H groups in total. The third-order valence-corrected chi connectivity index (χ3v) is 5.65. The van der Waals surface area contributed by atoms with Crippen LogP contribution in [0, 0.1) is 0 Å². The summed E-state index contributed by atoms with van der Waals surface area (Å²) < 4.78 is 1.22. The van der Waals surface area contributed by atoms with Crippen molar-refractivity contribution in [2.24, 2.45) is 0 Å². The van der Waals surface area contributed by atoms with E-state index < -0.39 is 0 Å². The normalized spacial score (nSPS) is 19.2. The van der Waals surface area contributed by atoms with Crippen molar-refractivity contribution < 1.29 is 0 Å². The van der Waals surface area contributed by atoms with Gasteiger partial charge in [0.15, 0.2) is 0 Å². The summed E-state index contributed by atoms with van der Waals surface area (Å²) in [5, 5.41) is 3.69. The minimum atomic E-state index is 0.640. The van der Waals surface area contributed by atoms with Crippen molar-refractivity contribution in [2.75, 3.05) is 19.6 Å². The number of hydrogen-bond acceptors (Lipinski definition) is 3. The predicted molar refractivity (Wildman–Crippen MR) is 93.8 cm³/mol. The molecule has 0 bridgehead atoms. The van der Waals surface area contributed by atoms with Gasteiger partial charge in [-0.25, -0.2) is 0 Å². The van der Waals surface area contributed by atoms with Crippen molar-refractivity contribution in [2.45, 2.75) is 25.4 Å². The standard InChI is InChI=1S/C17H21BrN2S/c18-17-7-6-16(21-17)12-19-15-9-11-20(13-15)10-8-14-4-2-1-3-5-14/h1-7,15,19H,8-13H2. The van der Waals surface area contributed by atoms with Crippen LogP contribution in [0.5, 0.6) is 0 Å². The van der Waals surface area contributed by atoms with E-state index in [4.69, 9.17) is 0 Å². The van der Waals surface area contributed by atoms with E-state index >= 15 is 0 Å². The Balaban J connectivity index is 1.39. The maximum Gasteiger partial charge on any atom is 0.0701 e. The predicted octanol–water partition coefficient (Wildman–Crippen LogP) is 3.92. The molecule has 2 aromatic rings. The number of benzene rings is 1. The smallest absolute Gasteiger partial charge is 0.0701 e. The lowest BCUT2D eigenvalue weighted by Crippen LogP contribution is -2.32. The molecule has 1 aromatic carbocycles. The molecule has 0 aliphatic carbocycles. The number of nitrogens with zero attached hydrogens (tertiary/aromatic N) is 1. The number of rotatable bonds is 6. The monoisotopic (exact) mass is 364 g/mol. The van der Waals surface area contributed by atoms with Gasteiger partial charge in [0.1, 0.15) is 0 Å². The number of hydrogen-bond donors (Lipinski definition) is 1. The zero-order valence-corrected chi connectivity index (χ0v) is 14.5.